The molecule has 5 aromatic rings. The molecule has 2 N–H and O–H groups in total. The highest BCUT2D eigenvalue weighted by molar-refractivity contribution is 5.92. The number of rotatable bonds is 2. The first-order valence-electron chi connectivity index (χ1n) is 15.8. The molecule has 44 heavy (non-hydrogen) atoms. The summed E-state index contributed by atoms with van der Waals surface area (Å²) in [6.07, 6.45) is 5.58. The Balaban J connectivity index is 1.21. The molecule has 0 radical (unpaired) electrons. The Morgan fingerprint density at radius 3 is 2.25 bits per heavy atom. The molecule has 0 aromatic heterocycles. The van der Waals surface area contributed by atoms with E-state index in [0.29, 0.717) is 0 Å². The van der Waals surface area contributed by atoms with Crippen molar-refractivity contribution < 1.29 is 0 Å². The summed E-state index contributed by atoms with van der Waals surface area (Å²) in [6, 6.07) is 40.7. The number of hydrogen-bond donors (Lipinski definition) is 2. The highest BCUT2D eigenvalue weighted by atomic mass is 15.2. The van der Waals surface area contributed by atoms with Gasteiger partial charge in [0, 0.05) is 58.0 Å². The molecule has 3 heteroatoms. The first-order chi connectivity index (χ1) is 21.6. The molecule has 0 amide bonds. The third-order valence-corrected chi connectivity index (χ3v) is 10.2. The van der Waals surface area contributed by atoms with Crippen molar-refractivity contribution >= 4 is 22.8 Å². The summed E-state index contributed by atoms with van der Waals surface area (Å²) in [5.41, 5.74) is 18.3. The van der Waals surface area contributed by atoms with Crippen LogP contribution in [0.15, 0.2) is 127 Å². The lowest BCUT2D eigenvalue weighted by atomic mass is 9.75. The largest absolute Gasteiger partial charge is 0.381 e. The Morgan fingerprint density at radius 1 is 0.682 bits per heavy atom. The molecular formula is C41H35N3. The molecule has 1 atom stereocenters. The average molecular weight is 570 g/mol. The summed E-state index contributed by atoms with van der Waals surface area (Å²) in [5.74, 6) is 0. The van der Waals surface area contributed by atoms with Crippen molar-refractivity contribution in [3.05, 3.63) is 155 Å². The van der Waals surface area contributed by atoms with E-state index in [2.05, 4.69) is 151 Å². The second kappa shape index (κ2) is 9.49. The van der Waals surface area contributed by atoms with Crippen LogP contribution in [0.3, 0.4) is 0 Å². The van der Waals surface area contributed by atoms with E-state index in [9.17, 15) is 0 Å². The quantitative estimate of drug-likeness (QED) is 0.222. The number of dihydropyridines is 1. The molecule has 214 valence electrons. The minimum atomic E-state index is -0.152. The molecule has 3 heterocycles. The minimum Gasteiger partial charge on any atom is -0.381 e. The van der Waals surface area contributed by atoms with Gasteiger partial charge in [-0.2, -0.15) is 0 Å². The molecule has 3 aliphatic heterocycles. The van der Waals surface area contributed by atoms with Crippen LogP contribution in [0, 0.1) is 0 Å². The highest BCUT2D eigenvalue weighted by Crippen LogP contribution is 2.52. The van der Waals surface area contributed by atoms with Gasteiger partial charge in [0.15, 0.2) is 0 Å². The van der Waals surface area contributed by atoms with Gasteiger partial charge in [-0.3, -0.25) is 0 Å². The molecule has 9 rings (SSSR count). The van der Waals surface area contributed by atoms with Gasteiger partial charge in [-0.15, -0.1) is 0 Å². The summed E-state index contributed by atoms with van der Waals surface area (Å²) < 4.78 is 0. The molecule has 0 spiro atoms. The molecule has 4 aliphatic rings. The van der Waals surface area contributed by atoms with Gasteiger partial charge in [-0.25, -0.2) is 0 Å². The fourth-order valence-electron chi connectivity index (χ4n) is 8.09. The average Bonchev–Trinajstić information content (AvgIpc) is 3.47. The lowest BCUT2D eigenvalue weighted by Gasteiger charge is -2.36. The van der Waals surface area contributed by atoms with Gasteiger partial charge in [0.25, 0.3) is 0 Å². The lowest BCUT2D eigenvalue weighted by molar-refractivity contribution is 0.646. The van der Waals surface area contributed by atoms with Crippen LogP contribution < -0.4 is 15.5 Å². The van der Waals surface area contributed by atoms with Crippen LogP contribution in [0.2, 0.25) is 0 Å². The van der Waals surface area contributed by atoms with Gasteiger partial charge >= 0.3 is 0 Å². The second-order valence-corrected chi connectivity index (χ2v) is 12.9. The van der Waals surface area contributed by atoms with Crippen LogP contribution in [0.1, 0.15) is 47.7 Å². The lowest BCUT2D eigenvalue weighted by Crippen LogP contribution is -2.29. The topological polar surface area (TPSA) is 27.3 Å². The van der Waals surface area contributed by atoms with Crippen molar-refractivity contribution in [2.24, 2.45) is 0 Å². The molecule has 0 saturated heterocycles. The minimum absolute atomic E-state index is 0.0558. The van der Waals surface area contributed by atoms with E-state index < -0.39 is 0 Å². The van der Waals surface area contributed by atoms with Gasteiger partial charge in [0.2, 0.25) is 0 Å². The molecule has 0 bridgehead atoms. The Bertz CT molecular complexity index is 2050. The van der Waals surface area contributed by atoms with E-state index in [4.69, 9.17) is 0 Å². The third kappa shape index (κ3) is 3.62. The number of hydrogen-bond acceptors (Lipinski definition) is 3. The number of nitrogens with one attached hydrogen (secondary N) is 2. The van der Waals surface area contributed by atoms with Crippen molar-refractivity contribution in [1.29, 1.82) is 0 Å². The Kier molecular flexibility index (Phi) is 5.49. The van der Waals surface area contributed by atoms with Crippen molar-refractivity contribution in [3.8, 4) is 22.3 Å². The Hall–Kier alpha value is -5.02. The van der Waals surface area contributed by atoms with Gasteiger partial charge in [0.1, 0.15) is 0 Å². The fraction of sp³-hybridized carbons (Fsp3) is 0.171. The number of para-hydroxylation sites is 2. The maximum Gasteiger partial charge on any atom is 0.0808 e. The van der Waals surface area contributed by atoms with Crippen LogP contribution in [0.5, 0.6) is 0 Å². The van der Waals surface area contributed by atoms with E-state index in [1.54, 1.807) is 0 Å². The predicted octanol–water partition coefficient (Wildman–Crippen LogP) is 9.39. The zero-order valence-electron chi connectivity index (χ0n) is 25.2. The molecular weight excluding hydrogens is 534 g/mol. The van der Waals surface area contributed by atoms with Gasteiger partial charge in [-0.05, 0) is 69.6 Å². The highest BCUT2D eigenvalue weighted by Gasteiger charge is 2.36. The van der Waals surface area contributed by atoms with Crippen molar-refractivity contribution in [2.75, 3.05) is 23.3 Å². The molecule has 3 nitrogen and oxygen atoms in total. The van der Waals surface area contributed by atoms with E-state index in [1.807, 2.05) is 0 Å². The SMILES string of the molecule is CC1(C)c2ccccc2-c2ccccc2-c2cc3c(cc21)N(c1ccccc1C1Nc2ccccc2C2=C1C=CCN2)CC3. The monoisotopic (exact) mass is 569 g/mol. The number of anilines is 3. The Morgan fingerprint density at radius 2 is 1.39 bits per heavy atom. The zero-order valence-corrected chi connectivity index (χ0v) is 25.2. The summed E-state index contributed by atoms with van der Waals surface area (Å²) in [5, 5.41) is 7.60. The maximum absolute atomic E-state index is 3.92. The van der Waals surface area contributed by atoms with Crippen LogP contribution in [0.4, 0.5) is 17.1 Å². The van der Waals surface area contributed by atoms with Gasteiger partial charge in [-0.1, -0.05) is 111 Å². The van der Waals surface area contributed by atoms with E-state index in [-0.39, 0.29) is 11.5 Å². The van der Waals surface area contributed by atoms with Crippen LogP contribution >= 0.6 is 0 Å². The fourth-order valence-corrected chi connectivity index (χ4v) is 8.09. The first kappa shape index (κ1) is 25.5. The van der Waals surface area contributed by atoms with Gasteiger partial charge in [0.05, 0.1) is 6.04 Å². The maximum atomic E-state index is 3.92. The van der Waals surface area contributed by atoms with Crippen molar-refractivity contribution in [3.63, 3.8) is 0 Å². The molecule has 5 aromatic carbocycles. The van der Waals surface area contributed by atoms with E-state index in [1.165, 1.54) is 78.4 Å². The zero-order chi connectivity index (χ0) is 29.4. The van der Waals surface area contributed by atoms with Crippen LogP contribution in [0.25, 0.3) is 28.0 Å². The molecule has 1 aliphatic carbocycles. The first-order valence-corrected chi connectivity index (χ1v) is 15.8. The molecule has 0 saturated carbocycles. The third-order valence-electron chi connectivity index (χ3n) is 10.2. The second-order valence-electron chi connectivity index (χ2n) is 12.9. The normalized spacial score (nSPS) is 18.5. The van der Waals surface area contributed by atoms with Crippen LogP contribution in [-0.4, -0.2) is 13.1 Å². The molecule has 0 fully saturated rings. The van der Waals surface area contributed by atoms with Crippen molar-refractivity contribution in [1.82, 2.24) is 5.32 Å². The standard InChI is InChI=1S/C41H35N3/c1-41(2)34-18-8-5-14-29(34)27-12-3-4-13-28(27)33-24-26-21-23-44(38(26)25-35(33)41)37-20-10-7-16-31(37)40-32-17-11-22-42-39(32)30-15-6-9-19-36(30)43-40/h3-20,24-25,40,42-43H,21-23H2,1-2H3. The summed E-state index contributed by atoms with van der Waals surface area (Å²) in [7, 11) is 0. The number of benzene rings is 5. The predicted molar refractivity (Wildman–Crippen MR) is 183 cm³/mol. The molecule has 1 unspecified atom stereocenters. The summed E-state index contributed by atoms with van der Waals surface area (Å²) >= 11 is 0. The number of fused-ring (bicyclic) bond motifs is 8. The smallest absolute Gasteiger partial charge is 0.0808 e. The van der Waals surface area contributed by atoms with Gasteiger partial charge < -0.3 is 15.5 Å². The Labute approximate surface area is 259 Å². The van der Waals surface area contributed by atoms with E-state index in [0.717, 1.165) is 19.5 Å². The number of nitrogens with zero attached hydrogens (tertiary/aromatic N) is 1. The van der Waals surface area contributed by atoms with Crippen molar-refractivity contribution in [2.45, 2.75) is 31.7 Å². The summed E-state index contributed by atoms with van der Waals surface area (Å²) in [6.45, 7) is 6.62. The summed E-state index contributed by atoms with van der Waals surface area (Å²) in [4.78, 5) is 2.58. The van der Waals surface area contributed by atoms with E-state index >= 15 is 0 Å². The van der Waals surface area contributed by atoms with Crippen LogP contribution in [-0.2, 0) is 11.8 Å².